The minimum atomic E-state index is -3.49. The number of carbonyl (C=O) groups excluding carboxylic acids is 1. The second-order valence-electron chi connectivity index (χ2n) is 5.69. The molecule has 7 heteroatoms. The average molecular weight is 376 g/mol. The van der Waals surface area contributed by atoms with Gasteiger partial charge in [-0.05, 0) is 49.7 Å². The van der Waals surface area contributed by atoms with Crippen LogP contribution in [0.1, 0.15) is 22.3 Å². The van der Waals surface area contributed by atoms with Gasteiger partial charge in [0.25, 0.3) is 5.91 Å². The molecule has 0 aliphatic rings. The van der Waals surface area contributed by atoms with Gasteiger partial charge in [-0.1, -0.05) is 30.3 Å². The van der Waals surface area contributed by atoms with E-state index in [1.54, 1.807) is 0 Å². The van der Waals surface area contributed by atoms with Crippen LogP contribution in [0.2, 0.25) is 0 Å². The highest BCUT2D eigenvalue weighted by Gasteiger charge is 2.12. The van der Waals surface area contributed by atoms with E-state index in [0.29, 0.717) is 31.7 Å². The van der Waals surface area contributed by atoms with Gasteiger partial charge in [0.2, 0.25) is 10.0 Å². The number of rotatable bonds is 10. The molecule has 2 aromatic rings. The molecule has 0 spiro atoms. The Kier molecular flexibility index (Phi) is 7.77. The molecule has 2 aromatic carbocycles. The fourth-order valence-electron chi connectivity index (χ4n) is 2.32. The summed E-state index contributed by atoms with van der Waals surface area (Å²) in [6.07, 6.45) is 1.59. The maximum absolute atomic E-state index is 12.0. The van der Waals surface area contributed by atoms with Crippen molar-refractivity contribution in [3.63, 3.8) is 0 Å². The Hall–Kier alpha value is -2.22. The summed E-state index contributed by atoms with van der Waals surface area (Å²) in [5.74, 6) is -0.234. The summed E-state index contributed by atoms with van der Waals surface area (Å²) in [5, 5.41) is 2.80. The topological polar surface area (TPSA) is 84.5 Å². The molecule has 0 bridgehead atoms. The van der Waals surface area contributed by atoms with E-state index >= 15 is 0 Å². The fraction of sp³-hybridized carbons (Fsp3) is 0.316. The van der Waals surface area contributed by atoms with Crippen LogP contribution in [0.5, 0.6) is 0 Å². The van der Waals surface area contributed by atoms with Gasteiger partial charge in [0.15, 0.2) is 0 Å². The number of hydrogen-bond donors (Lipinski definition) is 2. The van der Waals surface area contributed by atoms with E-state index in [2.05, 4.69) is 22.2 Å². The molecule has 0 fully saturated rings. The largest absolute Gasteiger partial charge is 0.381 e. The number of ether oxygens (including phenoxy) is 1. The molecule has 0 aromatic heterocycles. The van der Waals surface area contributed by atoms with Gasteiger partial charge in [-0.2, -0.15) is 0 Å². The van der Waals surface area contributed by atoms with Crippen LogP contribution >= 0.6 is 0 Å². The molecule has 26 heavy (non-hydrogen) atoms. The predicted octanol–water partition coefficient (Wildman–Crippen LogP) is 1.97. The van der Waals surface area contributed by atoms with Crippen LogP contribution in [0, 0.1) is 0 Å². The molecular formula is C19H24N2O4S. The molecule has 0 radical (unpaired) electrons. The molecule has 0 aliphatic heterocycles. The van der Waals surface area contributed by atoms with Gasteiger partial charge in [-0.25, -0.2) is 13.1 Å². The first-order valence-electron chi connectivity index (χ1n) is 8.46. The quantitative estimate of drug-likeness (QED) is 0.621. The molecule has 140 valence electrons. The van der Waals surface area contributed by atoms with Crippen LogP contribution < -0.4 is 10.0 Å². The number of benzene rings is 2. The molecule has 2 rings (SSSR count). The number of carbonyl (C=O) groups is 1. The van der Waals surface area contributed by atoms with E-state index in [1.807, 2.05) is 18.2 Å². The summed E-state index contributed by atoms with van der Waals surface area (Å²) >= 11 is 0. The summed E-state index contributed by atoms with van der Waals surface area (Å²) < 4.78 is 31.1. The summed E-state index contributed by atoms with van der Waals surface area (Å²) in [6.45, 7) is 1.73. The highest BCUT2D eigenvalue weighted by atomic mass is 32.2. The van der Waals surface area contributed by atoms with Crippen molar-refractivity contribution < 1.29 is 17.9 Å². The molecule has 1 amide bonds. The first kappa shape index (κ1) is 20.1. The van der Waals surface area contributed by atoms with Gasteiger partial charge in [0.1, 0.15) is 0 Å². The molecular weight excluding hydrogens is 352 g/mol. The molecule has 0 atom stereocenters. The third-order valence-corrected chi connectivity index (χ3v) is 5.25. The third kappa shape index (κ3) is 6.25. The predicted molar refractivity (Wildman–Crippen MR) is 101 cm³/mol. The van der Waals surface area contributed by atoms with E-state index in [4.69, 9.17) is 4.74 Å². The first-order valence-corrected chi connectivity index (χ1v) is 9.95. The SMILES string of the molecule is CNS(=O)(=O)c1ccc(C(=O)NCCCOCCc2ccccc2)cc1. The van der Waals surface area contributed by atoms with Gasteiger partial charge in [-0.15, -0.1) is 0 Å². The Labute approximate surface area is 154 Å². The van der Waals surface area contributed by atoms with Crippen LogP contribution in [0.15, 0.2) is 59.5 Å². The maximum Gasteiger partial charge on any atom is 0.251 e. The normalized spacial score (nSPS) is 11.3. The van der Waals surface area contributed by atoms with Gasteiger partial charge in [0.05, 0.1) is 11.5 Å². The lowest BCUT2D eigenvalue weighted by Gasteiger charge is -2.07. The van der Waals surface area contributed by atoms with Crippen molar-refractivity contribution in [1.82, 2.24) is 10.0 Å². The van der Waals surface area contributed by atoms with Crippen molar-refractivity contribution >= 4 is 15.9 Å². The Balaban J connectivity index is 1.64. The van der Waals surface area contributed by atoms with Crippen molar-refractivity contribution in [2.24, 2.45) is 0 Å². The monoisotopic (exact) mass is 376 g/mol. The number of amides is 1. The fourth-order valence-corrected chi connectivity index (χ4v) is 3.05. The lowest BCUT2D eigenvalue weighted by atomic mass is 10.2. The summed E-state index contributed by atoms with van der Waals surface area (Å²) in [7, 11) is -2.14. The van der Waals surface area contributed by atoms with Gasteiger partial charge >= 0.3 is 0 Å². The zero-order valence-corrected chi connectivity index (χ0v) is 15.6. The van der Waals surface area contributed by atoms with E-state index in [9.17, 15) is 13.2 Å². The summed E-state index contributed by atoms with van der Waals surface area (Å²) in [6, 6.07) is 15.9. The number of sulfonamides is 1. The zero-order chi connectivity index (χ0) is 18.8. The second-order valence-corrected chi connectivity index (χ2v) is 7.58. The van der Waals surface area contributed by atoms with Crippen LogP contribution in [0.3, 0.4) is 0 Å². The summed E-state index contributed by atoms with van der Waals surface area (Å²) in [5.41, 5.74) is 1.66. The van der Waals surface area contributed by atoms with E-state index in [1.165, 1.54) is 36.9 Å². The van der Waals surface area contributed by atoms with Crippen LogP contribution in [0.4, 0.5) is 0 Å². The Bertz CT molecular complexity index is 790. The van der Waals surface area contributed by atoms with Gasteiger partial charge < -0.3 is 10.1 Å². The summed E-state index contributed by atoms with van der Waals surface area (Å²) in [4.78, 5) is 12.2. The minimum absolute atomic E-state index is 0.128. The molecule has 0 saturated carbocycles. The van der Waals surface area contributed by atoms with Crippen molar-refractivity contribution in [3.8, 4) is 0 Å². The maximum atomic E-state index is 12.0. The molecule has 0 heterocycles. The van der Waals surface area contributed by atoms with Crippen molar-refractivity contribution in [1.29, 1.82) is 0 Å². The smallest absolute Gasteiger partial charge is 0.251 e. The van der Waals surface area contributed by atoms with E-state index in [-0.39, 0.29) is 10.8 Å². The van der Waals surface area contributed by atoms with Crippen molar-refractivity contribution in [3.05, 3.63) is 65.7 Å². The zero-order valence-electron chi connectivity index (χ0n) is 14.8. The number of nitrogens with one attached hydrogen (secondary N) is 2. The number of hydrogen-bond acceptors (Lipinski definition) is 4. The lowest BCUT2D eigenvalue weighted by molar-refractivity contribution is 0.0942. The van der Waals surface area contributed by atoms with E-state index in [0.717, 1.165) is 6.42 Å². The second kappa shape index (κ2) is 10.1. The van der Waals surface area contributed by atoms with Crippen LogP contribution in [-0.2, 0) is 21.2 Å². The Morgan fingerprint density at radius 3 is 2.35 bits per heavy atom. The third-order valence-electron chi connectivity index (χ3n) is 3.82. The average Bonchev–Trinajstić information content (AvgIpc) is 2.68. The highest BCUT2D eigenvalue weighted by molar-refractivity contribution is 7.89. The van der Waals surface area contributed by atoms with Crippen molar-refractivity contribution in [2.45, 2.75) is 17.7 Å². The lowest BCUT2D eigenvalue weighted by Crippen LogP contribution is -2.25. The molecule has 0 unspecified atom stereocenters. The first-order chi connectivity index (χ1) is 12.5. The molecule has 6 nitrogen and oxygen atoms in total. The van der Waals surface area contributed by atoms with Crippen molar-refractivity contribution in [2.75, 3.05) is 26.8 Å². The minimum Gasteiger partial charge on any atom is -0.381 e. The van der Waals surface area contributed by atoms with Crippen LogP contribution in [0.25, 0.3) is 0 Å². The standard InChI is InChI=1S/C19H24N2O4S/c1-20-26(23,24)18-10-8-17(9-11-18)19(22)21-13-5-14-25-15-12-16-6-3-2-4-7-16/h2-4,6-11,20H,5,12-15H2,1H3,(H,21,22). The van der Waals surface area contributed by atoms with Gasteiger partial charge in [0, 0.05) is 18.7 Å². The highest BCUT2D eigenvalue weighted by Crippen LogP contribution is 2.10. The molecule has 0 aliphatic carbocycles. The van der Waals surface area contributed by atoms with Gasteiger partial charge in [-0.3, -0.25) is 4.79 Å². The Morgan fingerprint density at radius 2 is 1.69 bits per heavy atom. The molecule has 0 saturated heterocycles. The van der Waals surface area contributed by atoms with E-state index < -0.39 is 10.0 Å². The van der Waals surface area contributed by atoms with Crippen LogP contribution in [-0.4, -0.2) is 41.1 Å². The molecule has 2 N–H and O–H groups in total. The Morgan fingerprint density at radius 1 is 1.00 bits per heavy atom.